The molecule has 2 aliphatic heterocycles. The van der Waals surface area contributed by atoms with Gasteiger partial charge in [-0.25, -0.2) is 4.98 Å². The molecule has 0 N–H and O–H groups in total. The van der Waals surface area contributed by atoms with Gasteiger partial charge in [0.05, 0.1) is 18.0 Å². The first kappa shape index (κ1) is 33.3. The van der Waals surface area contributed by atoms with Crippen LogP contribution >= 0.6 is 0 Å². The lowest BCUT2D eigenvalue weighted by Crippen LogP contribution is -2.24. The lowest BCUT2D eigenvalue weighted by atomic mass is 9.87. The number of ether oxygens (including phenoxy) is 1. The maximum atomic E-state index is 6.69. The van der Waals surface area contributed by atoms with Crippen LogP contribution in [0.1, 0.15) is 31.9 Å². The number of benzene rings is 6. The lowest BCUT2D eigenvalue weighted by Gasteiger charge is -2.27. The second-order valence-electron chi connectivity index (χ2n) is 15.1. The summed E-state index contributed by atoms with van der Waals surface area (Å²) < 4.78 is 6.69. The zero-order valence-electron chi connectivity index (χ0n) is 31.1. The molecule has 0 saturated carbocycles. The molecule has 2 aliphatic rings. The normalized spacial score (nSPS) is 13.3. The highest BCUT2D eigenvalue weighted by atomic mass is 16.5. The molecule has 3 heterocycles. The molecule has 0 spiro atoms. The molecule has 0 aliphatic carbocycles. The molecular formula is C49H42N4O. The van der Waals surface area contributed by atoms with Gasteiger partial charge in [0.1, 0.15) is 17.3 Å². The number of aryl methyl sites for hydroxylation is 1. The van der Waals surface area contributed by atoms with Gasteiger partial charge in [0.25, 0.3) is 0 Å². The Kier molecular flexibility index (Phi) is 8.27. The standard InChI is InChI=1S/C49H42N4O/c1-34-29-48(50-32-45(34)35-13-6-5-7-14-35)53-46-20-11-10-19-43(46)41-17-8-9-18-42(41)44-26-25-40(31-47(44)53)54-39-16-12-15-38(30-39)52-28-27-51(33-52)37-23-21-36(22-24-37)49(2,3)4/h5-32H,33H2,1-4H3. The average Bonchev–Trinajstić information content (AvgIpc) is 3.65. The monoisotopic (exact) mass is 702 g/mol. The Morgan fingerprint density at radius 2 is 1.19 bits per heavy atom. The minimum atomic E-state index is 0.125. The van der Waals surface area contributed by atoms with E-state index in [1.165, 1.54) is 22.4 Å². The molecule has 0 atom stereocenters. The lowest BCUT2D eigenvalue weighted by molar-refractivity contribution is 0.483. The molecule has 0 fully saturated rings. The molecule has 0 amide bonds. The van der Waals surface area contributed by atoms with E-state index >= 15 is 0 Å². The van der Waals surface area contributed by atoms with Gasteiger partial charge in [0.2, 0.25) is 0 Å². The fourth-order valence-electron chi connectivity index (χ4n) is 7.57. The summed E-state index contributed by atoms with van der Waals surface area (Å²) >= 11 is 0. The van der Waals surface area contributed by atoms with Crippen LogP contribution in [0.5, 0.6) is 11.5 Å². The summed E-state index contributed by atoms with van der Waals surface area (Å²) in [5.74, 6) is 2.38. The number of pyridine rings is 1. The van der Waals surface area contributed by atoms with Crippen LogP contribution in [0.4, 0.5) is 28.6 Å². The summed E-state index contributed by atoms with van der Waals surface area (Å²) in [5.41, 5.74) is 13.8. The topological polar surface area (TPSA) is 31.8 Å². The summed E-state index contributed by atoms with van der Waals surface area (Å²) in [6.45, 7) is 9.63. The van der Waals surface area contributed by atoms with Gasteiger partial charge in [0.15, 0.2) is 0 Å². The molecule has 54 heavy (non-hydrogen) atoms. The molecule has 7 aromatic rings. The fraction of sp³-hybridized carbons (Fsp3) is 0.122. The maximum Gasteiger partial charge on any atom is 0.137 e. The van der Waals surface area contributed by atoms with E-state index in [4.69, 9.17) is 9.72 Å². The van der Waals surface area contributed by atoms with Crippen molar-refractivity contribution in [3.8, 4) is 44.9 Å². The third kappa shape index (κ3) is 6.18. The number of hydrogen-bond donors (Lipinski definition) is 0. The van der Waals surface area contributed by atoms with Gasteiger partial charge in [-0.1, -0.05) is 112 Å². The van der Waals surface area contributed by atoms with Crippen LogP contribution in [0.3, 0.4) is 0 Å². The van der Waals surface area contributed by atoms with E-state index in [1.54, 1.807) is 0 Å². The van der Waals surface area contributed by atoms with Crippen molar-refractivity contribution in [1.29, 1.82) is 0 Å². The van der Waals surface area contributed by atoms with Gasteiger partial charge in [0, 0.05) is 58.8 Å². The van der Waals surface area contributed by atoms with E-state index in [2.05, 4.69) is 194 Å². The van der Waals surface area contributed by atoms with Gasteiger partial charge in [-0.05, 0) is 88.7 Å². The van der Waals surface area contributed by atoms with E-state index in [1.807, 2.05) is 18.3 Å². The van der Waals surface area contributed by atoms with Crippen LogP contribution in [0.25, 0.3) is 33.4 Å². The Labute approximate surface area is 318 Å². The number of rotatable bonds is 6. The summed E-state index contributed by atoms with van der Waals surface area (Å²) in [6.07, 6.45) is 6.27. The SMILES string of the molecule is Cc1cc(N2c3ccccc3-c3ccccc3-c3ccc(Oc4cccc(N5C=CN(c6ccc(C(C)(C)C)cc6)C5)c4)cc32)ncc1-c1ccccc1. The van der Waals surface area contributed by atoms with E-state index < -0.39 is 0 Å². The van der Waals surface area contributed by atoms with E-state index in [9.17, 15) is 0 Å². The van der Waals surface area contributed by atoms with Crippen LogP contribution in [-0.4, -0.2) is 11.7 Å². The molecule has 0 unspecified atom stereocenters. The Hall–Kier alpha value is -6.59. The van der Waals surface area contributed by atoms with Crippen LogP contribution in [0.2, 0.25) is 0 Å². The quantitative estimate of drug-likeness (QED) is 0.172. The Morgan fingerprint density at radius 3 is 1.91 bits per heavy atom. The molecular weight excluding hydrogens is 661 g/mol. The van der Waals surface area contributed by atoms with Crippen molar-refractivity contribution in [2.24, 2.45) is 0 Å². The molecule has 9 rings (SSSR count). The highest BCUT2D eigenvalue weighted by molar-refractivity contribution is 6.02. The van der Waals surface area contributed by atoms with Gasteiger partial charge in [-0.3, -0.25) is 4.90 Å². The summed E-state index contributed by atoms with van der Waals surface area (Å²) in [6, 6.07) is 53.5. The van der Waals surface area contributed by atoms with Crippen molar-refractivity contribution in [3.63, 3.8) is 0 Å². The minimum Gasteiger partial charge on any atom is -0.457 e. The molecule has 1 aromatic heterocycles. The van der Waals surface area contributed by atoms with Crippen molar-refractivity contribution < 1.29 is 4.74 Å². The molecule has 6 aromatic carbocycles. The number of aromatic nitrogens is 1. The summed E-state index contributed by atoms with van der Waals surface area (Å²) in [5, 5.41) is 0. The van der Waals surface area contributed by atoms with Crippen LogP contribution < -0.4 is 19.4 Å². The highest BCUT2D eigenvalue weighted by Gasteiger charge is 2.28. The van der Waals surface area contributed by atoms with E-state index in [-0.39, 0.29) is 5.41 Å². The summed E-state index contributed by atoms with van der Waals surface area (Å²) in [7, 11) is 0. The van der Waals surface area contributed by atoms with E-state index in [0.717, 1.165) is 68.9 Å². The van der Waals surface area contributed by atoms with Gasteiger partial charge < -0.3 is 14.5 Å². The molecule has 0 saturated heterocycles. The summed E-state index contributed by atoms with van der Waals surface area (Å²) in [4.78, 5) is 11.9. The van der Waals surface area contributed by atoms with Crippen molar-refractivity contribution in [2.45, 2.75) is 33.1 Å². The number of anilines is 5. The molecule has 0 bridgehead atoms. The first-order chi connectivity index (χ1) is 26.3. The first-order valence-electron chi connectivity index (χ1n) is 18.6. The van der Waals surface area contributed by atoms with Crippen LogP contribution in [-0.2, 0) is 5.41 Å². The Bertz CT molecular complexity index is 2520. The van der Waals surface area contributed by atoms with Crippen molar-refractivity contribution in [2.75, 3.05) is 21.4 Å². The van der Waals surface area contributed by atoms with Crippen molar-refractivity contribution in [3.05, 3.63) is 181 Å². The third-order valence-corrected chi connectivity index (χ3v) is 10.5. The number of hydrogen-bond acceptors (Lipinski definition) is 5. The van der Waals surface area contributed by atoms with Crippen LogP contribution in [0.15, 0.2) is 170 Å². The predicted molar refractivity (Wildman–Crippen MR) is 224 cm³/mol. The largest absolute Gasteiger partial charge is 0.457 e. The number of fused-ring (bicyclic) bond motifs is 5. The fourth-order valence-corrected chi connectivity index (χ4v) is 7.57. The van der Waals surface area contributed by atoms with E-state index in [0.29, 0.717) is 0 Å². The zero-order valence-corrected chi connectivity index (χ0v) is 31.1. The average molecular weight is 703 g/mol. The molecule has 5 heteroatoms. The molecule has 0 radical (unpaired) electrons. The van der Waals surface area contributed by atoms with Gasteiger partial charge >= 0.3 is 0 Å². The van der Waals surface area contributed by atoms with Gasteiger partial charge in [-0.15, -0.1) is 0 Å². The second kappa shape index (κ2) is 13.4. The molecule has 5 nitrogen and oxygen atoms in total. The maximum absolute atomic E-state index is 6.69. The third-order valence-electron chi connectivity index (χ3n) is 10.5. The minimum absolute atomic E-state index is 0.125. The smallest absolute Gasteiger partial charge is 0.137 e. The van der Waals surface area contributed by atoms with Crippen LogP contribution in [0, 0.1) is 6.92 Å². The highest BCUT2D eigenvalue weighted by Crippen LogP contribution is 2.51. The predicted octanol–water partition coefficient (Wildman–Crippen LogP) is 13.0. The number of para-hydroxylation sites is 1. The first-order valence-corrected chi connectivity index (χ1v) is 18.6. The van der Waals surface area contributed by atoms with Crippen molar-refractivity contribution in [1.82, 2.24) is 4.98 Å². The number of nitrogens with zero attached hydrogens (tertiary/aromatic N) is 4. The second-order valence-corrected chi connectivity index (χ2v) is 15.1. The van der Waals surface area contributed by atoms with Crippen molar-refractivity contribution >= 4 is 28.6 Å². The Morgan fingerprint density at radius 1 is 0.537 bits per heavy atom. The Balaban J connectivity index is 1.06. The zero-order chi connectivity index (χ0) is 36.8. The van der Waals surface area contributed by atoms with Gasteiger partial charge in [-0.2, -0.15) is 0 Å². The molecule has 264 valence electrons.